The molecule has 1 N–H and O–H groups in total. The Morgan fingerprint density at radius 2 is 1.40 bits per heavy atom. The first kappa shape index (κ1) is 16.9. The Morgan fingerprint density at radius 3 is 2.00 bits per heavy atom. The molecule has 2 aromatic carbocycles. The van der Waals surface area contributed by atoms with Gasteiger partial charge in [0.2, 0.25) is 0 Å². The zero-order valence-electron chi connectivity index (χ0n) is 14.5. The van der Waals surface area contributed by atoms with Crippen molar-refractivity contribution in [3.05, 3.63) is 101 Å². The number of carbonyl (C=O) groups excluding carboxylic acids is 1. The minimum atomic E-state index is -0.207. The molecule has 0 aliphatic rings. The Balaban J connectivity index is 1.86. The second-order valence-corrected chi connectivity index (χ2v) is 6.37. The first-order chi connectivity index (χ1) is 12.1. The molecule has 3 nitrogen and oxygen atoms in total. The normalized spacial score (nSPS) is 12.0. The Hall–Kier alpha value is -2.94. The third-order valence-corrected chi connectivity index (χ3v) is 4.29. The molecule has 0 aliphatic heterocycles. The third-order valence-electron chi connectivity index (χ3n) is 4.29. The number of pyridine rings is 1. The molecule has 1 unspecified atom stereocenters. The first-order valence-electron chi connectivity index (χ1n) is 8.51. The fraction of sp³-hybridized carbons (Fsp3) is 0.182. The number of nitrogens with one attached hydrogen (secondary N) is 1. The number of amides is 1. The highest BCUT2D eigenvalue weighted by Gasteiger charge is 2.17. The standard InChI is InChI=1S/C22H22N2O/c1-16(2)17-8-10-20(11-9-17)22(25)24-21(18-6-4-3-5-7-18)19-12-14-23-15-13-19/h3-16,21H,1-2H3,(H,24,25). The van der Waals surface area contributed by atoms with E-state index in [0.29, 0.717) is 11.5 Å². The van der Waals surface area contributed by atoms with E-state index in [0.717, 1.165) is 11.1 Å². The first-order valence-corrected chi connectivity index (χ1v) is 8.51. The Kier molecular flexibility index (Phi) is 5.24. The molecule has 0 saturated heterocycles. The summed E-state index contributed by atoms with van der Waals surface area (Å²) in [5.41, 5.74) is 3.94. The van der Waals surface area contributed by atoms with Crippen LogP contribution in [0.1, 0.15) is 52.9 Å². The number of benzene rings is 2. The van der Waals surface area contributed by atoms with Gasteiger partial charge in [-0.25, -0.2) is 0 Å². The predicted octanol–water partition coefficient (Wildman–Crippen LogP) is 4.72. The van der Waals surface area contributed by atoms with Gasteiger partial charge < -0.3 is 5.32 Å². The van der Waals surface area contributed by atoms with Crippen LogP contribution in [0.3, 0.4) is 0 Å². The second kappa shape index (κ2) is 7.75. The van der Waals surface area contributed by atoms with Crippen LogP contribution in [0.15, 0.2) is 79.1 Å². The van der Waals surface area contributed by atoms with Crippen molar-refractivity contribution in [2.45, 2.75) is 25.8 Å². The fourth-order valence-electron chi connectivity index (χ4n) is 2.79. The lowest BCUT2D eigenvalue weighted by atomic mass is 9.98. The molecule has 0 spiro atoms. The van der Waals surface area contributed by atoms with Gasteiger partial charge in [0.15, 0.2) is 0 Å². The van der Waals surface area contributed by atoms with E-state index in [4.69, 9.17) is 0 Å². The van der Waals surface area contributed by atoms with Crippen LogP contribution < -0.4 is 5.32 Å². The van der Waals surface area contributed by atoms with E-state index in [9.17, 15) is 4.79 Å². The molecule has 1 aromatic heterocycles. The van der Waals surface area contributed by atoms with Gasteiger partial charge >= 0.3 is 0 Å². The Morgan fingerprint density at radius 1 is 0.800 bits per heavy atom. The molecule has 25 heavy (non-hydrogen) atoms. The predicted molar refractivity (Wildman–Crippen MR) is 101 cm³/mol. The summed E-state index contributed by atoms with van der Waals surface area (Å²) in [6.07, 6.45) is 3.49. The van der Waals surface area contributed by atoms with E-state index in [2.05, 4.69) is 24.1 Å². The molecule has 0 bridgehead atoms. The summed E-state index contributed by atoms with van der Waals surface area (Å²) < 4.78 is 0. The SMILES string of the molecule is CC(C)c1ccc(C(=O)NC(c2ccccc2)c2ccncc2)cc1. The number of hydrogen-bond acceptors (Lipinski definition) is 2. The minimum absolute atomic E-state index is 0.0824. The van der Waals surface area contributed by atoms with Crippen LogP contribution >= 0.6 is 0 Å². The summed E-state index contributed by atoms with van der Waals surface area (Å²) in [6, 6.07) is 21.4. The monoisotopic (exact) mass is 330 g/mol. The molecule has 0 saturated carbocycles. The van der Waals surface area contributed by atoms with Gasteiger partial charge in [-0.3, -0.25) is 9.78 Å². The summed E-state index contributed by atoms with van der Waals surface area (Å²) in [4.78, 5) is 16.8. The maximum absolute atomic E-state index is 12.8. The Labute approximate surface area is 148 Å². The molecule has 126 valence electrons. The van der Waals surface area contributed by atoms with Crippen molar-refractivity contribution >= 4 is 5.91 Å². The van der Waals surface area contributed by atoms with Crippen LogP contribution in [0.5, 0.6) is 0 Å². The molecule has 3 rings (SSSR count). The molecule has 0 aliphatic carbocycles. The fourth-order valence-corrected chi connectivity index (χ4v) is 2.79. The molecular weight excluding hydrogens is 308 g/mol. The third kappa shape index (κ3) is 4.13. The van der Waals surface area contributed by atoms with E-state index in [1.165, 1.54) is 5.56 Å². The average molecular weight is 330 g/mol. The van der Waals surface area contributed by atoms with Crippen LogP contribution in [0.4, 0.5) is 0 Å². The smallest absolute Gasteiger partial charge is 0.252 e. The van der Waals surface area contributed by atoms with Crippen molar-refractivity contribution in [1.29, 1.82) is 0 Å². The summed E-state index contributed by atoms with van der Waals surface area (Å²) in [5, 5.41) is 3.15. The van der Waals surface area contributed by atoms with Gasteiger partial charge in [0.25, 0.3) is 5.91 Å². The summed E-state index contributed by atoms with van der Waals surface area (Å²) in [6.45, 7) is 4.29. The van der Waals surface area contributed by atoms with E-state index in [-0.39, 0.29) is 11.9 Å². The quantitative estimate of drug-likeness (QED) is 0.735. The van der Waals surface area contributed by atoms with Crippen molar-refractivity contribution in [2.75, 3.05) is 0 Å². The van der Waals surface area contributed by atoms with Crippen molar-refractivity contribution in [3.8, 4) is 0 Å². The van der Waals surface area contributed by atoms with Gasteiger partial charge in [-0.05, 0) is 46.9 Å². The number of hydrogen-bond donors (Lipinski definition) is 1. The van der Waals surface area contributed by atoms with Crippen molar-refractivity contribution in [3.63, 3.8) is 0 Å². The lowest BCUT2D eigenvalue weighted by Crippen LogP contribution is -2.29. The van der Waals surface area contributed by atoms with E-state index in [1.807, 2.05) is 66.7 Å². The molecule has 3 heteroatoms. The number of nitrogens with zero attached hydrogens (tertiary/aromatic N) is 1. The van der Waals surface area contributed by atoms with E-state index >= 15 is 0 Å². The van der Waals surface area contributed by atoms with Crippen LogP contribution in [-0.2, 0) is 0 Å². The van der Waals surface area contributed by atoms with Gasteiger partial charge in [0.05, 0.1) is 6.04 Å². The van der Waals surface area contributed by atoms with Gasteiger partial charge in [-0.1, -0.05) is 56.3 Å². The summed E-state index contributed by atoms with van der Waals surface area (Å²) >= 11 is 0. The number of carbonyl (C=O) groups is 1. The highest BCUT2D eigenvalue weighted by Crippen LogP contribution is 2.22. The zero-order chi connectivity index (χ0) is 17.6. The lowest BCUT2D eigenvalue weighted by molar-refractivity contribution is 0.0943. The molecule has 1 heterocycles. The maximum Gasteiger partial charge on any atom is 0.252 e. The molecule has 1 atom stereocenters. The number of aromatic nitrogens is 1. The highest BCUT2D eigenvalue weighted by atomic mass is 16.1. The topological polar surface area (TPSA) is 42.0 Å². The molecule has 1 amide bonds. The van der Waals surface area contributed by atoms with Gasteiger partial charge in [-0.2, -0.15) is 0 Å². The van der Waals surface area contributed by atoms with E-state index < -0.39 is 0 Å². The molecule has 3 aromatic rings. The van der Waals surface area contributed by atoms with Crippen LogP contribution in [0.25, 0.3) is 0 Å². The maximum atomic E-state index is 12.8. The zero-order valence-corrected chi connectivity index (χ0v) is 14.5. The van der Waals surface area contributed by atoms with Crippen LogP contribution in [-0.4, -0.2) is 10.9 Å². The average Bonchev–Trinajstić information content (AvgIpc) is 2.67. The molecular formula is C22H22N2O. The highest BCUT2D eigenvalue weighted by molar-refractivity contribution is 5.94. The molecule has 0 radical (unpaired) electrons. The summed E-state index contributed by atoms with van der Waals surface area (Å²) in [7, 11) is 0. The molecule has 0 fully saturated rings. The Bertz CT molecular complexity index is 772. The van der Waals surface area contributed by atoms with Gasteiger partial charge in [-0.15, -0.1) is 0 Å². The van der Waals surface area contributed by atoms with Gasteiger partial charge in [0, 0.05) is 18.0 Å². The van der Waals surface area contributed by atoms with E-state index in [1.54, 1.807) is 12.4 Å². The second-order valence-electron chi connectivity index (χ2n) is 6.37. The largest absolute Gasteiger partial charge is 0.341 e. The van der Waals surface area contributed by atoms with Crippen LogP contribution in [0.2, 0.25) is 0 Å². The van der Waals surface area contributed by atoms with Crippen molar-refractivity contribution in [1.82, 2.24) is 10.3 Å². The number of rotatable bonds is 5. The summed E-state index contributed by atoms with van der Waals surface area (Å²) in [5.74, 6) is 0.368. The van der Waals surface area contributed by atoms with Gasteiger partial charge in [0.1, 0.15) is 0 Å². The van der Waals surface area contributed by atoms with Crippen molar-refractivity contribution < 1.29 is 4.79 Å². The van der Waals surface area contributed by atoms with Crippen molar-refractivity contribution in [2.24, 2.45) is 0 Å². The van der Waals surface area contributed by atoms with Crippen LogP contribution in [0, 0.1) is 0 Å². The lowest BCUT2D eigenvalue weighted by Gasteiger charge is -2.20. The minimum Gasteiger partial charge on any atom is -0.341 e.